The third-order valence-electron chi connectivity index (χ3n) is 5.61. The van der Waals surface area contributed by atoms with E-state index in [1.165, 1.54) is 44.6 Å². The van der Waals surface area contributed by atoms with Crippen molar-refractivity contribution in [3.63, 3.8) is 0 Å². The fourth-order valence-corrected chi connectivity index (χ4v) is 4.02. The highest BCUT2D eigenvalue weighted by molar-refractivity contribution is 6.30. The van der Waals surface area contributed by atoms with Gasteiger partial charge in [0.1, 0.15) is 11.4 Å². The maximum Gasteiger partial charge on any atom is 0.422 e. The highest BCUT2D eigenvalue weighted by Gasteiger charge is 2.55. The van der Waals surface area contributed by atoms with Crippen LogP contribution in [0.5, 0.6) is 5.75 Å². The number of fused-ring (bicyclic) bond motifs is 1. The standard InChI is InChI=1S/C25H24ClF3N2O4/c1-23(2,17-12-15(26)8-11-21(17)34-3)13-24(33,25(27,28)29)14-30-18-6-5-7-19-16(18)9-10-20(31-19)22(32)35-4/h5-12,14,33H,13H2,1-4H3/b30-14+. The second-order valence-corrected chi connectivity index (χ2v) is 9.05. The van der Waals surface area contributed by atoms with Crippen molar-refractivity contribution in [3.8, 4) is 5.75 Å². The Hall–Kier alpha value is -3.17. The molecule has 1 N–H and O–H groups in total. The highest BCUT2D eigenvalue weighted by atomic mass is 35.5. The van der Waals surface area contributed by atoms with Gasteiger partial charge in [0.25, 0.3) is 0 Å². The maximum absolute atomic E-state index is 14.1. The normalized spacial score (nSPS) is 14.2. The molecule has 0 saturated heterocycles. The van der Waals surface area contributed by atoms with E-state index in [-0.39, 0.29) is 11.4 Å². The fraction of sp³-hybridized carbons (Fsp3) is 0.320. The maximum atomic E-state index is 14.1. The Bertz CT molecular complexity index is 1280. The minimum absolute atomic E-state index is 0.0464. The number of nitrogens with zero attached hydrogens (tertiary/aromatic N) is 2. The van der Waals surface area contributed by atoms with Crippen LogP contribution in [0.4, 0.5) is 18.9 Å². The summed E-state index contributed by atoms with van der Waals surface area (Å²) in [6.45, 7) is 3.11. The number of halogens is 4. The van der Waals surface area contributed by atoms with Crippen LogP contribution >= 0.6 is 11.6 Å². The molecule has 0 aliphatic rings. The van der Waals surface area contributed by atoms with Gasteiger partial charge < -0.3 is 14.6 Å². The van der Waals surface area contributed by atoms with Crippen molar-refractivity contribution in [1.82, 2.24) is 4.98 Å². The topological polar surface area (TPSA) is 81.0 Å². The summed E-state index contributed by atoms with van der Waals surface area (Å²) < 4.78 is 52.4. The predicted octanol–water partition coefficient (Wildman–Crippen LogP) is 6.05. The van der Waals surface area contributed by atoms with Crippen LogP contribution in [0.2, 0.25) is 5.02 Å². The lowest BCUT2D eigenvalue weighted by Crippen LogP contribution is -2.50. The Labute approximate surface area is 205 Å². The van der Waals surface area contributed by atoms with Gasteiger partial charge in [-0.25, -0.2) is 9.78 Å². The molecule has 186 valence electrons. The van der Waals surface area contributed by atoms with Crippen LogP contribution < -0.4 is 4.74 Å². The van der Waals surface area contributed by atoms with Crippen LogP contribution in [-0.4, -0.2) is 48.3 Å². The van der Waals surface area contributed by atoms with Crippen molar-refractivity contribution in [2.45, 2.75) is 37.5 Å². The van der Waals surface area contributed by atoms with Gasteiger partial charge in [0.2, 0.25) is 0 Å². The van der Waals surface area contributed by atoms with Gasteiger partial charge in [0.15, 0.2) is 5.60 Å². The number of carbonyl (C=O) groups excluding carboxylic acids is 1. The SMILES string of the molecule is COC(=O)c1ccc2c(/N=C/C(O)(CC(C)(C)c3cc(Cl)ccc3OC)C(F)(F)F)cccc2n1. The number of pyridine rings is 1. The summed E-state index contributed by atoms with van der Waals surface area (Å²) in [4.78, 5) is 19.9. The number of alkyl halides is 3. The minimum atomic E-state index is -5.03. The van der Waals surface area contributed by atoms with E-state index in [4.69, 9.17) is 16.3 Å². The summed E-state index contributed by atoms with van der Waals surface area (Å²) in [5.41, 5.74) is -3.54. The molecule has 0 fully saturated rings. The average molecular weight is 509 g/mol. The largest absolute Gasteiger partial charge is 0.496 e. The molecule has 6 nitrogen and oxygen atoms in total. The van der Waals surface area contributed by atoms with E-state index >= 15 is 0 Å². The van der Waals surface area contributed by atoms with Crippen molar-refractivity contribution < 1.29 is 32.5 Å². The van der Waals surface area contributed by atoms with E-state index in [1.54, 1.807) is 32.0 Å². The van der Waals surface area contributed by atoms with Crippen molar-refractivity contribution in [1.29, 1.82) is 0 Å². The molecule has 35 heavy (non-hydrogen) atoms. The van der Waals surface area contributed by atoms with E-state index in [9.17, 15) is 23.1 Å². The quantitative estimate of drug-likeness (QED) is 0.310. The minimum Gasteiger partial charge on any atom is -0.496 e. The molecule has 0 amide bonds. The summed E-state index contributed by atoms with van der Waals surface area (Å²) >= 11 is 6.08. The van der Waals surface area contributed by atoms with Crippen LogP contribution in [0.15, 0.2) is 53.5 Å². The van der Waals surface area contributed by atoms with Gasteiger partial charge in [-0.2, -0.15) is 13.2 Å². The molecule has 3 aromatic rings. The molecule has 10 heteroatoms. The lowest BCUT2D eigenvalue weighted by atomic mass is 9.75. The zero-order valence-corrected chi connectivity index (χ0v) is 20.2. The smallest absolute Gasteiger partial charge is 0.422 e. The van der Waals surface area contributed by atoms with Crippen molar-refractivity contribution in [2.75, 3.05) is 14.2 Å². The zero-order chi connectivity index (χ0) is 26.0. The van der Waals surface area contributed by atoms with Crippen LogP contribution in [0.1, 0.15) is 36.3 Å². The van der Waals surface area contributed by atoms with E-state index in [0.29, 0.717) is 33.5 Å². The summed E-state index contributed by atoms with van der Waals surface area (Å²) in [6.07, 6.45) is -5.28. The first-order valence-electron chi connectivity index (χ1n) is 10.5. The number of carbonyl (C=O) groups is 1. The first-order chi connectivity index (χ1) is 16.3. The number of rotatable bonds is 7. The van der Waals surface area contributed by atoms with Gasteiger partial charge in [0.05, 0.1) is 25.4 Å². The molecule has 2 aromatic carbocycles. The molecule has 1 atom stereocenters. The van der Waals surface area contributed by atoms with E-state index < -0.39 is 29.6 Å². The van der Waals surface area contributed by atoms with Crippen LogP contribution in [0, 0.1) is 0 Å². The Kier molecular flexibility index (Phi) is 7.42. The summed E-state index contributed by atoms with van der Waals surface area (Å²) in [7, 11) is 2.62. The number of esters is 1. The highest BCUT2D eigenvalue weighted by Crippen LogP contribution is 2.44. The number of methoxy groups -OCH3 is 2. The number of aliphatic imine (C=N–C) groups is 1. The average Bonchev–Trinajstić information content (AvgIpc) is 2.80. The molecular weight excluding hydrogens is 485 g/mol. The molecule has 0 bridgehead atoms. The van der Waals surface area contributed by atoms with Crippen molar-refractivity contribution in [2.24, 2.45) is 4.99 Å². The molecule has 0 radical (unpaired) electrons. The number of aliphatic hydroxyl groups is 1. The molecule has 1 unspecified atom stereocenters. The molecule has 0 aliphatic carbocycles. The molecule has 1 heterocycles. The Morgan fingerprint density at radius 3 is 2.49 bits per heavy atom. The third-order valence-corrected chi connectivity index (χ3v) is 5.85. The first kappa shape index (κ1) is 26.4. The van der Waals surface area contributed by atoms with Crippen molar-refractivity contribution in [3.05, 3.63) is 64.8 Å². The monoisotopic (exact) mass is 508 g/mol. The van der Waals surface area contributed by atoms with E-state index in [2.05, 4.69) is 14.7 Å². The van der Waals surface area contributed by atoms with Gasteiger partial charge in [-0.1, -0.05) is 31.5 Å². The lowest BCUT2D eigenvalue weighted by molar-refractivity contribution is -0.234. The molecule has 1 aromatic heterocycles. The van der Waals surface area contributed by atoms with Crippen LogP contribution in [0.3, 0.4) is 0 Å². The van der Waals surface area contributed by atoms with Gasteiger partial charge >= 0.3 is 12.1 Å². The Morgan fingerprint density at radius 2 is 1.86 bits per heavy atom. The summed E-state index contributed by atoms with van der Waals surface area (Å²) in [5.74, 6) is -0.298. The number of benzene rings is 2. The van der Waals surface area contributed by atoms with Gasteiger partial charge in [-0.3, -0.25) is 4.99 Å². The van der Waals surface area contributed by atoms with Crippen molar-refractivity contribution >= 4 is 40.4 Å². The number of aromatic nitrogens is 1. The molecule has 0 saturated carbocycles. The van der Waals surface area contributed by atoms with Gasteiger partial charge in [0, 0.05) is 22.2 Å². The van der Waals surface area contributed by atoms with Crippen LogP contribution in [-0.2, 0) is 10.2 Å². The second-order valence-electron chi connectivity index (χ2n) is 8.62. The van der Waals surface area contributed by atoms with E-state index in [0.717, 1.165) is 0 Å². The first-order valence-corrected chi connectivity index (χ1v) is 10.9. The molecule has 0 spiro atoms. The second kappa shape index (κ2) is 9.83. The number of hydrogen-bond acceptors (Lipinski definition) is 6. The number of ether oxygens (including phenoxy) is 2. The molecule has 0 aliphatic heterocycles. The fourth-order valence-electron chi connectivity index (χ4n) is 3.84. The lowest BCUT2D eigenvalue weighted by Gasteiger charge is -2.36. The Morgan fingerprint density at radius 1 is 1.14 bits per heavy atom. The van der Waals surface area contributed by atoms with E-state index in [1.807, 2.05) is 0 Å². The predicted molar refractivity (Wildman–Crippen MR) is 128 cm³/mol. The molecule has 3 rings (SSSR count). The number of hydrogen-bond donors (Lipinski definition) is 1. The Balaban J connectivity index is 2.03. The van der Waals surface area contributed by atoms with Gasteiger partial charge in [-0.15, -0.1) is 0 Å². The summed E-state index contributed by atoms with van der Waals surface area (Å²) in [6, 6.07) is 12.2. The zero-order valence-electron chi connectivity index (χ0n) is 19.5. The summed E-state index contributed by atoms with van der Waals surface area (Å²) in [5, 5.41) is 11.6. The third kappa shape index (κ3) is 5.57. The van der Waals surface area contributed by atoms with Gasteiger partial charge in [-0.05, 0) is 54.3 Å². The van der Waals surface area contributed by atoms with Crippen LogP contribution in [0.25, 0.3) is 10.9 Å². The molecular formula is C25H24ClF3N2O4.